The number of nitrogens with one attached hydrogen (secondary N) is 1. The van der Waals surface area contributed by atoms with Crippen molar-refractivity contribution in [3.8, 4) is 0 Å². The predicted molar refractivity (Wildman–Crippen MR) is 51.3 cm³/mol. The molecule has 1 fully saturated rings. The second kappa shape index (κ2) is 4.01. The van der Waals surface area contributed by atoms with Gasteiger partial charge in [0.05, 0.1) is 11.7 Å². The minimum Gasteiger partial charge on any atom is -0.309 e. The molecule has 0 aliphatic carbocycles. The first-order valence-electron chi connectivity index (χ1n) is 4.60. The topological polar surface area (TPSA) is 24.9 Å². The lowest BCUT2D eigenvalue weighted by molar-refractivity contribution is 0.526. The minimum absolute atomic E-state index is 0.527. The highest BCUT2D eigenvalue weighted by Gasteiger charge is 2.14. The summed E-state index contributed by atoms with van der Waals surface area (Å²) in [5.41, 5.74) is 1.24. The van der Waals surface area contributed by atoms with Gasteiger partial charge in [0.25, 0.3) is 0 Å². The van der Waals surface area contributed by atoms with E-state index in [1.165, 1.54) is 31.4 Å². The van der Waals surface area contributed by atoms with Crippen molar-refractivity contribution < 1.29 is 0 Å². The van der Waals surface area contributed by atoms with Crippen LogP contribution in [0.4, 0.5) is 0 Å². The van der Waals surface area contributed by atoms with E-state index in [0.717, 1.165) is 6.54 Å². The van der Waals surface area contributed by atoms with Crippen molar-refractivity contribution in [2.75, 3.05) is 6.54 Å². The zero-order chi connectivity index (χ0) is 8.23. The van der Waals surface area contributed by atoms with Crippen molar-refractivity contribution in [2.24, 2.45) is 0 Å². The van der Waals surface area contributed by atoms with Gasteiger partial charge in [-0.3, -0.25) is 0 Å². The molecule has 0 radical (unpaired) electrons. The van der Waals surface area contributed by atoms with Crippen LogP contribution in [0.5, 0.6) is 0 Å². The summed E-state index contributed by atoms with van der Waals surface area (Å²) in [4.78, 5) is 0. The van der Waals surface area contributed by atoms with Crippen molar-refractivity contribution >= 4 is 11.5 Å². The van der Waals surface area contributed by atoms with Crippen LogP contribution in [-0.2, 0) is 0 Å². The van der Waals surface area contributed by atoms with Crippen LogP contribution in [0, 0.1) is 0 Å². The first kappa shape index (κ1) is 8.20. The highest BCUT2D eigenvalue weighted by Crippen LogP contribution is 2.21. The molecule has 3 heteroatoms. The molecule has 0 spiro atoms. The van der Waals surface area contributed by atoms with E-state index in [0.29, 0.717) is 6.04 Å². The van der Waals surface area contributed by atoms with Gasteiger partial charge in [0.15, 0.2) is 0 Å². The summed E-state index contributed by atoms with van der Waals surface area (Å²) in [5, 5.41) is 5.59. The van der Waals surface area contributed by atoms with Crippen molar-refractivity contribution in [3.63, 3.8) is 0 Å². The molecule has 12 heavy (non-hydrogen) atoms. The van der Waals surface area contributed by atoms with E-state index in [4.69, 9.17) is 0 Å². The largest absolute Gasteiger partial charge is 0.309 e. The van der Waals surface area contributed by atoms with E-state index < -0.39 is 0 Å². The first-order valence-corrected chi connectivity index (χ1v) is 5.44. The fraction of sp³-hybridized carbons (Fsp3) is 0.667. The molecule has 0 aromatic carbocycles. The van der Waals surface area contributed by atoms with Crippen LogP contribution < -0.4 is 5.32 Å². The Morgan fingerprint density at radius 3 is 3.25 bits per heavy atom. The summed E-state index contributed by atoms with van der Waals surface area (Å²) in [6.45, 7) is 1.15. The maximum Gasteiger partial charge on any atom is 0.0711 e. The van der Waals surface area contributed by atoms with Gasteiger partial charge in [-0.1, -0.05) is 12.8 Å². The molecule has 2 nitrogen and oxygen atoms in total. The maximum absolute atomic E-state index is 4.36. The molecular weight excluding hydrogens is 168 g/mol. The Balaban J connectivity index is 2.02. The Labute approximate surface area is 77.2 Å². The molecule has 2 heterocycles. The summed E-state index contributed by atoms with van der Waals surface area (Å²) in [7, 11) is 0. The average Bonchev–Trinajstić information content (AvgIpc) is 2.48. The second-order valence-electron chi connectivity index (χ2n) is 3.28. The quantitative estimate of drug-likeness (QED) is 0.721. The summed E-state index contributed by atoms with van der Waals surface area (Å²) >= 11 is 1.55. The van der Waals surface area contributed by atoms with Crippen molar-refractivity contribution in [3.05, 3.63) is 17.1 Å². The lowest BCUT2D eigenvalue weighted by Crippen LogP contribution is -2.20. The summed E-state index contributed by atoms with van der Waals surface area (Å²) in [5.74, 6) is 0. The summed E-state index contributed by atoms with van der Waals surface area (Å²) in [6, 6.07) is 2.66. The molecule has 2 rings (SSSR count). The summed E-state index contributed by atoms with van der Waals surface area (Å²) in [6.07, 6.45) is 5.28. The third-order valence-corrected chi connectivity index (χ3v) is 2.95. The lowest BCUT2D eigenvalue weighted by Gasteiger charge is -2.11. The van der Waals surface area contributed by atoms with Crippen LogP contribution in [0.1, 0.15) is 37.4 Å². The van der Waals surface area contributed by atoms with Gasteiger partial charge in [-0.2, -0.15) is 4.37 Å². The second-order valence-corrected chi connectivity index (χ2v) is 3.95. The van der Waals surface area contributed by atoms with E-state index in [1.807, 2.05) is 0 Å². The normalized spacial score (nSPS) is 25.2. The van der Waals surface area contributed by atoms with Gasteiger partial charge >= 0.3 is 0 Å². The molecule has 1 aliphatic heterocycles. The van der Waals surface area contributed by atoms with Crippen LogP contribution >= 0.6 is 11.5 Å². The Bertz CT molecular complexity index is 212. The van der Waals surface area contributed by atoms with Gasteiger partial charge in [-0.05, 0) is 37.0 Å². The fourth-order valence-electron chi connectivity index (χ4n) is 1.68. The van der Waals surface area contributed by atoms with Crippen LogP contribution in [0.25, 0.3) is 0 Å². The van der Waals surface area contributed by atoms with Gasteiger partial charge in [0.1, 0.15) is 0 Å². The number of rotatable bonds is 1. The number of hydrogen-bond donors (Lipinski definition) is 1. The van der Waals surface area contributed by atoms with Crippen LogP contribution in [0.3, 0.4) is 0 Å². The molecular formula is C9H14N2S. The minimum atomic E-state index is 0.527. The number of aromatic nitrogens is 1. The van der Waals surface area contributed by atoms with Gasteiger partial charge < -0.3 is 5.32 Å². The van der Waals surface area contributed by atoms with Crippen molar-refractivity contribution in [1.29, 1.82) is 0 Å². The highest BCUT2D eigenvalue weighted by atomic mass is 32.1. The molecule has 1 unspecified atom stereocenters. The number of nitrogens with zero attached hydrogens (tertiary/aromatic N) is 1. The molecule has 1 atom stereocenters. The van der Waals surface area contributed by atoms with Gasteiger partial charge in [-0.25, -0.2) is 0 Å². The van der Waals surface area contributed by atoms with Crippen LogP contribution in [0.2, 0.25) is 0 Å². The highest BCUT2D eigenvalue weighted by molar-refractivity contribution is 7.03. The molecule has 1 aliphatic rings. The molecule has 0 bridgehead atoms. The standard InChI is InChI=1S/C9H14N2S/c1-2-4-8(10-6-3-1)9-5-7-12-11-9/h5,7-8,10H,1-4,6H2. The number of hydrogen-bond acceptors (Lipinski definition) is 3. The Kier molecular flexibility index (Phi) is 2.74. The third-order valence-electron chi connectivity index (χ3n) is 2.38. The monoisotopic (exact) mass is 182 g/mol. The Morgan fingerprint density at radius 1 is 1.42 bits per heavy atom. The van der Waals surface area contributed by atoms with Crippen molar-refractivity contribution in [2.45, 2.75) is 31.7 Å². The van der Waals surface area contributed by atoms with E-state index in [9.17, 15) is 0 Å². The van der Waals surface area contributed by atoms with E-state index in [-0.39, 0.29) is 0 Å². The fourth-order valence-corrected chi connectivity index (χ4v) is 2.25. The smallest absolute Gasteiger partial charge is 0.0711 e. The first-order chi connectivity index (χ1) is 5.97. The molecule has 1 N–H and O–H groups in total. The summed E-state index contributed by atoms with van der Waals surface area (Å²) < 4.78 is 4.36. The third kappa shape index (κ3) is 1.84. The molecule has 1 aromatic heterocycles. The molecule has 1 aromatic rings. The molecule has 1 saturated heterocycles. The zero-order valence-corrected chi connectivity index (χ0v) is 7.94. The van der Waals surface area contributed by atoms with E-state index >= 15 is 0 Å². The lowest BCUT2D eigenvalue weighted by atomic mass is 10.1. The van der Waals surface area contributed by atoms with Crippen molar-refractivity contribution in [1.82, 2.24) is 9.69 Å². The van der Waals surface area contributed by atoms with Gasteiger partial charge in [0.2, 0.25) is 0 Å². The average molecular weight is 182 g/mol. The molecule has 0 amide bonds. The van der Waals surface area contributed by atoms with Gasteiger partial charge in [-0.15, -0.1) is 0 Å². The Hall–Kier alpha value is -0.410. The molecule has 0 saturated carbocycles. The van der Waals surface area contributed by atoms with Crippen LogP contribution in [0.15, 0.2) is 11.4 Å². The van der Waals surface area contributed by atoms with E-state index in [1.54, 1.807) is 11.5 Å². The predicted octanol–water partition coefficient (Wildman–Crippen LogP) is 2.35. The van der Waals surface area contributed by atoms with E-state index in [2.05, 4.69) is 21.1 Å². The SMILES string of the molecule is c1cc(C2CCCCCN2)ns1. The zero-order valence-electron chi connectivity index (χ0n) is 7.12. The Morgan fingerprint density at radius 2 is 2.42 bits per heavy atom. The van der Waals surface area contributed by atoms with Crippen LogP contribution in [-0.4, -0.2) is 10.9 Å². The maximum atomic E-state index is 4.36. The molecule has 66 valence electrons. The van der Waals surface area contributed by atoms with Gasteiger partial charge in [0, 0.05) is 5.38 Å².